The van der Waals surface area contributed by atoms with Gasteiger partial charge in [0.05, 0.1) is 17.6 Å². The van der Waals surface area contributed by atoms with Crippen molar-refractivity contribution in [2.45, 2.75) is 0 Å². The standard InChI is InChI=1S/C12H15ClFN3O/c1-18-7-6-17(5-4-13)12-15-10-3-2-9(14)8-11(10)16-12/h2-3,8H,4-7H2,1H3,(H,15,16). The molecule has 0 amide bonds. The lowest BCUT2D eigenvalue weighted by atomic mass is 10.3. The zero-order chi connectivity index (χ0) is 13.0. The van der Waals surface area contributed by atoms with E-state index in [1.165, 1.54) is 12.1 Å². The number of methoxy groups -OCH3 is 1. The Hall–Kier alpha value is -1.33. The Kier molecular flexibility index (Phi) is 4.38. The van der Waals surface area contributed by atoms with E-state index in [1.807, 2.05) is 4.90 Å². The molecule has 0 saturated carbocycles. The molecule has 0 aliphatic carbocycles. The van der Waals surface area contributed by atoms with Crippen LogP contribution < -0.4 is 4.90 Å². The first-order valence-corrected chi connectivity index (χ1v) is 6.23. The Morgan fingerprint density at radius 1 is 1.44 bits per heavy atom. The molecule has 0 atom stereocenters. The molecule has 2 aromatic rings. The van der Waals surface area contributed by atoms with Crippen LogP contribution in [0.15, 0.2) is 18.2 Å². The van der Waals surface area contributed by atoms with Crippen molar-refractivity contribution in [2.75, 3.05) is 37.6 Å². The molecule has 1 aromatic heterocycles. The lowest BCUT2D eigenvalue weighted by molar-refractivity contribution is 0.205. The summed E-state index contributed by atoms with van der Waals surface area (Å²) in [4.78, 5) is 9.49. The number of H-pyrrole nitrogens is 1. The van der Waals surface area contributed by atoms with Gasteiger partial charge in [-0.05, 0) is 18.2 Å². The van der Waals surface area contributed by atoms with Gasteiger partial charge in [-0.25, -0.2) is 9.37 Å². The number of anilines is 1. The van der Waals surface area contributed by atoms with Gasteiger partial charge >= 0.3 is 0 Å². The lowest BCUT2D eigenvalue weighted by Crippen LogP contribution is -2.30. The molecule has 1 aromatic carbocycles. The summed E-state index contributed by atoms with van der Waals surface area (Å²) in [6, 6.07) is 4.48. The second-order valence-electron chi connectivity index (χ2n) is 3.89. The lowest BCUT2D eigenvalue weighted by Gasteiger charge is -2.19. The number of rotatable bonds is 6. The van der Waals surface area contributed by atoms with E-state index in [4.69, 9.17) is 16.3 Å². The van der Waals surface area contributed by atoms with Crippen molar-refractivity contribution in [1.82, 2.24) is 9.97 Å². The number of hydrogen-bond donors (Lipinski definition) is 1. The minimum atomic E-state index is -0.279. The summed E-state index contributed by atoms with van der Waals surface area (Å²) in [5.74, 6) is 0.904. The zero-order valence-corrected chi connectivity index (χ0v) is 10.9. The highest BCUT2D eigenvalue weighted by Gasteiger charge is 2.11. The van der Waals surface area contributed by atoms with Gasteiger partial charge in [-0.3, -0.25) is 0 Å². The largest absolute Gasteiger partial charge is 0.383 e. The fraction of sp³-hybridized carbons (Fsp3) is 0.417. The number of nitrogens with zero attached hydrogens (tertiary/aromatic N) is 2. The second kappa shape index (κ2) is 6.02. The van der Waals surface area contributed by atoms with Crippen molar-refractivity contribution < 1.29 is 9.13 Å². The maximum atomic E-state index is 13.1. The summed E-state index contributed by atoms with van der Waals surface area (Å²) in [5, 5.41) is 0. The van der Waals surface area contributed by atoms with Crippen LogP contribution in [0.4, 0.5) is 10.3 Å². The molecule has 18 heavy (non-hydrogen) atoms. The van der Waals surface area contributed by atoms with Gasteiger partial charge in [0.15, 0.2) is 0 Å². The summed E-state index contributed by atoms with van der Waals surface area (Å²) in [6.45, 7) is 1.93. The van der Waals surface area contributed by atoms with E-state index < -0.39 is 0 Å². The Morgan fingerprint density at radius 3 is 3.00 bits per heavy atom. The fourth-order valence-electron chi connectivity index (χ4n) is 1.75. The van der Waals surface area contributed by atoms with E-state index in [0.717, 1.165) is 5.52 Å². The number of ether oxygens (including phenoxy) is 1. The Balaban J connectivity index is 2.26. The predicted octanol–water partition coefficient (Wildman–Crippen LogP) is 2.39. The highest BCUT2D eigenvalue weighted by molar-refractivity contribution is 6.18. The molecule has 6 heteroatoms. The van der Waals surface area contributed by atoms with Crippen molar-refractivity contribution >= 4 is 28.6 Å². The number of alkyl halides is 1. The highest BCUT2D eigenvalue weighted by Crippen LogP contribution is 2.18. The third-order valence-electron chi connectivity index (χ3n) is 2.65. The molecule has 0 aliphatic heterocycles. The monoisotopic (exact) mass is 271 g/mol. The smallest absolute Gasteiger partial charge is 0.203 e. The van der Waals surface area contributed by atoms with Crippen LogP contribution in [0.2, 0.25) is 0 Å². The van der Waals surface area contributed by atoms with Gasteiger partial charge in [0.1, 0.15) is 5.82 Å². The molecule has 0 saturated heterocycles. The normalized spacial score (nSPS) is 11.1. The molecule has 0 fully saturated rings. The molecule has 4 nitrogen and oxygen atoms in total. The molecule has 0 spiro atoms. The van der Waals surface area contributed by atoms with Gasteiger partial charge in [-0.15, -0.1) is 11.6 Å². The topological polar surface area (TPSA) is 41.1 Å². The summed E-state index contributed by atoms with van der Waals surface area (Å²) < 4.78 is 18.1. The third-order valence-corrected chi connectivity index (χ3v) is 2.82. The summed E-state index contributed by atoms with van der Waals surface area (Å²) in [6.07, 6.45) is 0. The molecule has 1 N–H and O–H groups in total. The molecule has 2 rings (SSSR count). The molecule has 0 bridgehead atoms. The first kappa shape index (κ1) is 13.1. The van der Waals surface area contributed by atoms with Crippen LogP contribution in [0.3, 0.4) is 0 Å². The van der Waals surface area contributed by atoms with E-state index in [2.05, 4.69) is 9.97 Å². The quantitative estimate of drug-likeness (QED) is 0.820. The van der Waals surface area contributed by atoms with Gasteiger partial charge in [0.25, 0.3) is 0 Å². The van der Waals surface area contributed by atoms with Crippen LogP contribution in [0.5, 0.6) is 0 Å². The van der Waals surface area contributed by atoms with Crippen LogP contribution in [0.25, 0.3) is 11.0 Å². The Labute approximate surface area is 110 Å². The molecule has 0 unspecified atom stereocenters. The zero-order valence-electron chi connectivity index (χ0n) is 10.1. The second-order valence-corrected chi connectivity index (χ2v) is 4.27. The van der Waals surface area contributed by atoms with Crippen molar-refractivity contribution in [3.8, 4) is 0 Å². The maximum Gasteiger partial charge on any atom is 0.203 e. The van der Waals surface area contributed by atoms with E-state index >= 15 is 0 Å². The Bertz CT molecular complexity index is 517. The number of hydrogen-bond acceptors (Lipinski definition) is 3. The van der Waals surface area contributed by atoms with Gasteiger partial charge in [-0.1, -0.05) is 0 Å². The average molecular weight is 272 g/mol. The fourth-order valence-corrected chi connectivity index (χ4v) is 1.95. The summed E-state index contributed by atoms with van der Waals surface area (Å²) >= 11 is 5.76. The van der Waals surface area contributed by atoms with Crippen LogP contribution in [0.1, 0.15) is 0 Å². The van der Waals surface area contributed by atoms with Crippen molar-refractivity contribution in [3.05, 3.63) is 24.0 Å². The Morgan fingerprint density at radius 2 is 2.28 bits per heavy atom. The van der Waals surface area contributed by atoms with E-state index in [9.17, 15) is 4.39 Å². The third kappa shape index (κ3) is 2.91. The molecule has 0 radical (unpaired) electrons. The molecule has 0 aliphatic rings. The number of nitrogens with one attached hydrogen (secondary N) is 1. The van der Waals surface area contributed by atoms with Gasteiger partial charge < -0.3 is 14.6 Å². The summed E-state index contributed by atoms with van der Waals surface area (Å²) in [5.41, 5.74) is 1.42. The van der Waals surface area contributed by atoms with E-state index in [1.54, 1.807) is 13.2 Å². The average Bonchev–Trinajstić information content (AvgIpc) is 2.77. The SMILES string of the molecule is COCCN(CCCl)c1nc2ccc(F)cc2[nH]1. The van der Waals surface area contributed by atoms with Crippen LogP contribution in [-0.2, 0) is 4.74 Å². The number of benzene rings is 1. The molecular formula is C12H15ClFN3O. The van der Waals surface area contributed by atoms with Gasteiger partial charge in [0, 0.05) is 26.1 Å². The van der Waals surface area contributed by atoms with E-state index in [-0.39, 0.29) is 5.82 Å². The van der Waals surface area contributed by atoms with Crippen molar-refractivity contribution in [2.24, 2.45) is 0 Å². The number of aromatic amines is 1. The summed E-state index contributed by atoms with van der Waals surface area (Å²) in [7, 11) is 1.65. The number of fused-ring (bicyclic) bond motifs is 1. The highest BCUT2D eigenvalue weighted by atomic mass is 35.5. The predicted molar refractivity (Wildman–Crippen MR) is 70.9 cm³/mol. The van der Waals surface area contributed by atoms with Gasteiger partial charge in [-0.2, -0.15) is 0 Å². The van der Waals surface area contributed by atoms with Gasteiger partial charge in [0.2, 0.25) is 5.95 Å². The van der Waals surface area contributed by atoms with Crippen molar-refractivity contribution in [1.29, 1.82) is 0 Å². The molecular weight excluding hydrogens is 257 g/mol. The molecule has 98 valence electrons. The first-order valence-electron chi connectivity index (χ1n) is 5.69. The first-order chi connectivity index (χ1) is 8.74. The number of aromatic nitrogens is 2. The maximum absolute atomic E-state index is 13.1. The van der Waals surface area contributed by atoms with Crippen LogP contribution in [0, 0.1) is 5.82 Å². The number of halogens is 2. The molecule has 1 heterocycles. The van der Waals surface area contributed by atoms with Crippen LogP contribution in [-0.4, -0.2) is 42.7 Å². The van der Waals surface area contributed by atoms with E-state index in [0.29, 0.717) is 37.0 Å². The number of imidazole rings is 1. The van der Waals surface area contributed by atoms with Crippen LogP contribution >= 0.6 is 11.6 Å². The minimum Gasteiger partial charge on any atom is -0.383 e. The minimum absolute atomic E-state index is 0.279. The van der Waals surface area contributed by atoms with Crippen molar-refractivity contribution in [3.63, 3.8) is 0 Å².